The molecule has 15 rings (SSSR count). The number of benzene rings is 6. The van der Waals surface area contributed by atoms with Crippen LogP contribution in [0.25, 0.3) is 44.6 Å². The summed E-state index contributed by atoms with van der Waals surface area (Å²) in [6.45, 7) is -0.674. The maximum absolute atomic E-state index is 17.8. The smallest absolute Gasteiger partial charge is 0.407 e. The van der Waals surface area contributed by atoms with Gasteiger partial charge in [0.1, 0.15) is 55.8 Å². The van der Waals surface area contributed by atoms with Gasteiger partial charge >= 0.3 is 25.7 Å². The quantitative estimate of drug-likeness (QED) is 0.0236. The third-order valence-electron chi connectivity index (χ3n) is 21.8. The SMILES string of the molecule is CC(C)[C@H](CC(=O)OCC1c2ccccc2-c2ccccc21)C(=O)N[C@@H](C)C(=O)Cc1ccc(CSP2(=O)OC[C@H]3O[C@@H](n4cnc5c(N)ncnc54)[C@H](F)[C@@H]3OP(=O)(SCc3ccc(NC(=O)[C@H](C)CC(=O)[C@@H](NC(=O)OCC4c5ccccc5-c5ccccc54)C(C)C)cc3)OC[C@H]3O[C@@H](n4cnc5c(O)ncnc54)[C@H](F)[C@@H]3O2)cc1. The van der Waals surface area contributed by atoms with Crippen molar-refractivity contribution in [1.82, 2.24) is 49.7 Å². The number of anilines is 2. The van der Waals surface area contributed by atoms with Gasteiger partial charge in [-0.1, -0.05) is 168 Å². The number of hydrogen-bond acceptors (Lipinski definition) is 26. The van der Waals surface area contributed by atoms with E-state index < -0.39 is 130 Å². The molecule has 616 valence electrons. The number of alkyl carbamates (subject to hydrolysis) is 1. The molecule has 5 aliphatic rings. The Morgan fingerprint density at radius 1 is 0.559 bits per heavy atom. The Morgan fingerprint density at radius 3 is 1.53 bits per heavy atom. The zero-order valence-corrected chi connectivity index (χ0v) is 68.3. The number of imidazole rings is 2. The number of alkyl halides is 2. The van der Waals surface area contributed by atoms with Crippen molar-refractivity contribution in [3.8, 4) is 28.1 Å². The Labute approximate surface area is 684 Å². The molecule has 6 N–H and O–H groups in total. The van der Waals surface area contributed by atoms with Gasteiger partial charge in [-0.25, -0.2) is 47.6 Å². The number of ketones is 2. The highest BCUT2D eigenvalue weighted by molar-refractivity contribution is 8.55. The summed E-state index contributed by atoms with van der Waals surface area (Å²) in [5.41, 5.74) is 16.5. The van der Waals surface area contributed by atoms with E-state index in [1.54, 1.807) is 76.2 Å². The van der Waals surface area contributed by atoms with E-state index in [1.807, 2.05) is 111 Å². The van der Waals surface area contributed by atoms with Gasteiger partial charge in [0.2, 0.25) is 17.7 Å². The summed E-state index contributed by atoms with van der Waals surface area (Å²) in [6, 6.07) is 43.0. The van der Waals surface area contributed by atoms with Crippen LogP contribution in [0.4, 0.5) is 25.1 Å². The molecule has 7 heterocycles. The Morgan fingerprint density at radius 2 is 1.03 bits per heavy atom. The zero-order chi connectivity index (χ0) is 82.8. The second-order valence-electron chi connectivity index (χ2n) is 30.4. The van der Waals surface area contributed by atoms with Crippen LogP contribution in [0.5, 0.6) is 5.88 Å². The van der Waals surface area contributed by atoms with Gasteiger partial charge in [-0.15, -0.1) is 0 Å². The van der Waals surface area contributed by atoms with Crippen molar-refractivity contribution in [3.05, 3.63) is 210 Å². The maximum atomic E-state index is 17.8. The number of rotatable bonds is 27. The van der Waals surface area contributed by atoms with Gasteiger partial charge in [-0.3, -0.25) is 51.2 Å². The predicted molar refractivity (Wildman–Crippen MR) is 435 cm³/mol. The van der Waals surface area contributed by atoms with E-state index in [0.29, 0.717) is 45.1 Å². The van der Waals surface area contributed by atoms with Crippen LogP contribution in [0.15, 0.2) is 171 Å². The molecule has 3 saturated heterocycles. The second kappa shape index (κ2) is 35.4. The van der Waals surface area contributed by atoms with Crippen LogP contribution in [-0.4, -0.2) is 155 Å². The Bertz CT molecular complexity index is 5110. The van der Waals surface area contributed by atoms with E-state index in [9.17, 15) is 33.9 Å². The van der Waals surface area contributed by atoms with Crippen molar-refractivity contribution in [3.63, 3.8) is 0 Å². The molecule has 118 heavy (non-hydrogen) atoms. The second-order valence-corrected chi connectivity index (χ2v) is 38.5. The lowest BCUT2D eigenvalue weighted by Gasteiger charge is -2.30. The number of nitrogens with two attached hydrogens (primary N) is 1. The molecule has 0 radical (unpaired) electrons. The summed E-state index contributed by atoms with van der Waals surface area (Å²) >= 11 is 1.26. The number of halogens is 2. The number of fused-ring (bicyclic) bond motifs is 10. The molecule has 4 aromatic heterocycles. The standard InChI is InChI=1S/C83H86F2N12O17P2S2/c1-44(2)60(33-67(100)107-34-61-56-19-11-7-15-52(56)53-16-8-12-20-57(53)61)79(102)93-47(6)63(98)32-48-23-25-49(26-24-48)38-117-115(105)109-36-65-73(68(84)81(111-65)96-42-91-71-75(86)87-40-88-76(71)96)113-116(106,110-37-66-74(114-115)69(85)82(112-66)97-43-92-72-77(97)89-41-90-80(72)103)118-39-50-27-29-51(30-28-50)94-78(101)46(5)31-64(99)70(45(3)4)95-83(104)108-35-62-58-21-13-9-17-54(58)55-18-10-14-22-59(55)62/h7-30,40-47,60-62,65-66,68-70,73-74,81-82H,31-39H2,1-6H3,(H,93,102)(H,94,101)(H,95,104)(H2,86,87,88)(H,89,90,103)/t46-,47+,60+,65-,66-,68-,69-,70+,73-,74-,81-,82-,115?,116?/m1/s1. The first-order chi connectivity index (χ1) is 56.8. The summed E-state index contributed by atoms with van der Waals surface area (Å²) in [6.07, 6.45) is -11.5. The first-order valence-corrected chi connectivity index (χ1v) is 44.9. The number of nitrogens with one attached hydrogen (secondary N) is 3. The third kappa shape index (κ3) is 17.8. The van der Waals surface area contributed by atoms with Gasteiger partial charge in [-0.2, -0.15) is 4.98 Å². The number of aromatic hydroxyl groups is 1. The Balaban J connectivity index is 0.611. The molecular formula is C83H86F2N12O17P2S2. The van der Waals surface area contributed by atoms with E-state index in [1.165, 1.54) is 10.9 Å². The number of amides is 3. The van der Waals surface area contributed by atoms with Gasteiger partial charge in [0.05, 0.1) is 50.3 Å². The number of ether oxygens (including phenoxy) is 4. The van der Waals surface area contributed by atoms with Crippen molar-refractivity contribution in [2.45, 2.75) is 145 Å². The minimum absolute atomic E-state index is 0.0290. The molecule has 10 aromatic rings. The van der Waals surface area contributed by atoms with Crippen molar-refractivity contribution < 1.29 is 88.8 Å². The van der Waals surface area contributed by atoms with E-state index in [-0.39, 0.29) is 107 Å². The number of nitrogen functional groups attached to an aromatic ring is 1. The van der Waals surface area contributed by atoms with Crippen LogP contribution >= 0.6 is 36.4 Å². The number of esters is 1. The molecule has 6 aromatic carbocycles. The van der Waals surface area contributed by atoms with Gasteiger partial charge in [-0.05, 0) is 115 Å². The fraction of sp³-hybridized carbons (Fsp3) is 0.373. The normalized spacial score (nSPS) is 23.3. The lowest BCUT2D eigenvalue weighted by atomic mass is 9.91. The summed E-state index contributed by atoms with van der Waals surface area (Å²) in [4.78, 5) is 107. The third-order valence-corrected chi connectivity index (χ3v) is 29.1. The molecule has 29 nitrogen and oxygen atoms in total. The summed E-state index contributed by atoms with van der Waals surface area (Å²) < 4.78 is 119. The van der Waals surface area contributed by atoms with Crippen LogP contribution in [0.2, 0.25) is 0 Å². The average molecular weight is 1690 g/mol. The molecule has 0 bridgehead atoms. The largest absolute Gasteiger partial charge is 0.492 e. The zero-order valence-electron chi connectivity index (χ0n) is 64.9. The minimum Gasteiger partial charge on any atom is -0.492 e. The van der Waals surface area contributed by atoms with Crippen LogP contribution < -0.4 is 21.7 Å². The van der Waals surface area contributed by atoms with E-state index in [4.69, 9.17) is 42.8 Å². The summed E-state index contributed by atoms with van der Waals surface area (Å²) in [5.74, 6) is -5.72. The first kappa shape index (κ1) is 82.9. The number of carbonyl (C=O) groups excluding carboxylic acids is 6. The van der Waals surface area contributed by atoms with Gasteiger partial charge in [0, 0.05) is 47.8 Å². The highest BCUT2D eigenvalue weighted by Crippen LogP contribution is 2.67. The van der Waals surface area contributed by atoms with Gasteiger partial charge < -0.3 is 45.7 Å². The van der Waals surface area contributed by atoms with Crippen molar-refractivity contribution in [1.29, 1.82) is 0 Å². The molecule has 3 amide bonds. The summed E-state index contributed by atoms with van der Waals surface area (Å²) in [5, 5.41) is 19.0. The van der Waals surface area contributed by atoms with E-state index in [0.717, 1.165) is 68.1 Å². The lowest BCUT2D eigenvalue weighted by Crippen LogP contribution is -2.45. The number of hydrogen-bond donors (Lipinski definition) is 5. The van der Waals surface area contributed by atoms with E-state index in [2.05, 4.69) is 45.9 Å². The van der Waals surface area contributed by atoms with Crippen LogP contribution in [0.1, 0.15) is 118 Å². The number of nitrogens with zero attached hydrogens (tertiary/aromatic N) is 8. The molecule has 0 saturated carbocycles. The highest BCUT2D eigenvalue weighted by atomic mass is 32.7. The molecule has 2 aliphatic carbocycles. The molecule has 3 aliphatic heterocycles. The number of aromatic nitrogens is 8. The van der Waals surface area contributed by atoms with Crippen LogP contribution in [-0.2, 0) is 88.1 Å². The maximum Gasteiger partial charge on any atom is 0.407 e. The molecular weight excluding hydrogens is 1600 g/mol. The molecule has 2 unspecified atom stereocenters. The molecule has 14 atom stereocenters. The lowest BCUT2D eigenvalue weighted by molar-refractivity contribution is -0.148. The van der Waals surface area contributed by atoms with E-state index >= 15 is 17.9 Å². The Kier molecular flexibility index (Phi) is 24.9. The number of carbonyl (C=O) groups is 6. The van der Waals surface area contributed by atoms with Gasteiger partial charge in [0.15, 0.2) is 59.0 Å². The van der Waals surface area contributed by atoms with Crippen LogP contribution in [0.3, 0.4) is 0 Å². The summed E-state index contributed by atoms with van der Waals surface area (Å²) in [7, 11) is 0. The highest BCUT2D eigenvalue weighted by Gasteiger charge is 2.56. The van der Waals surface area contributed by atoms with Crippen molar-refractivity contribution in [2.24, 2.45) is 23.7 Å². The molecule has 3 fully saturated rings. The van der Waals surface area contributed by atoms with Crippen LogP contribution in [0, 0.1) is 23.7 Å². The fourth-order valence-electron chi connectivity index (χ4n) is 15.4. The topological polar surface area (TPSA) is 380 Å². The molecule has 0 spiro atoms. The molecule has 35 heteroatoms. The van der Waals surface area contributed by atoms with Crippen molar-refractivity contribution >= 4 is 106 Å². The minimum atomic E-state index is -4.78. The average Bonchev–Trinajstić information content (AvgIpc) is 1.63. The van der Waals surface area contributed by atoms with Gasteiger partial charge in [0.25, 0.3) is 0 Å². The first-order valence-electron chi connectivity index (χ1n) is 38.6. The number of Topliss-reactive ketones (excluding diaryl/α,β-unsaturated/α-hetero) is 2. The fourth-order valence-corrected chi connectivity index (χ4v) is 22.2. The van der Waals surface area contributed by atoms with Crippen molar-refractivity contribution in [2.75, 3.05) is 37.5 Å². The Hall–Kier alpha value is -10.2. The monoisotopic (exact) mass is 1690 g/mol. The predicted octanol–water partition coefficient (Wildman–Crippen LogP) is 14.1.